The summed E-state index contributed by atoms with van der Waals surface area (Å²) in [5, 5.41) is 6.87. The van der Waals surface area contributed by atoms with Crippen molar-refractivity contribution >= 4 is 30.7 Å². The van der Waals surface area contributed by atoms with Gasteiger partial charge in [-0.3, -0.25) is 4.79 Å². The summed E-state index contributed by atoms with van der Waals surface area (Å²) >= 11 is 0. The van der Waals surface area contributed by atoms with Crippen LogP contribution in [-0.2, 0) is 24.8 Å². The third kappa shape index (κ3) is 3.93. The number of fused-ring (bicyclic) bond motifs is 2. The Labute approximate surface area is 179 Å². The Morgan fingerprint density at radius 2 is 1.96 bits per heavy atom. The Bertz CT molecular complexity index is 823. The summed E-state index contributed by atoms with van der Waals surface area (Å²) in [7, 11) is 2.01. The lowest BCUT2D eigenvalue weighted by Crippen LogP contribution is -2.49. The van der Waals surface area contributed by atoms with Crippen molar-refractivity contribution < 1.29 is 4.79 Å². The van der Waals surface area contributed by atoms with E-state index in [9.17, 15) is 4.79 Å². The molecule has 0 radical (unpaired) electrons. The molecule has 2 fully saturated rings. The number of benzene rings is 1. The topological polar surface area (TPSA) is 59.0 Å². The Balaban J connectivity index is 0.00000140. The number of carbonyl (C=O) groups excluding carboxylic acids is 1. The van der Waals surface area contributed by atoms with Crippen LogP contribution in [0.5, 0.6) is 0 Å². The Hall–Kier alpha value is -1.56. The maximum Gasteiger partial charge on any atom is 0.228 e. The molecule has 3 heterocycles. The molecule has 4 rings (SSSR count). The number of aromatic nitrogens is 2. The van der Waals surface area contributed by atoms with Gasteiger partial charge in [0.15, 0.2) is 0 Å². The molecule has 1 aromatic carbocycles. The van der Waals surface area contributed by atoms with Crippen LogP contribution in [0.1, 0.15) is 42.0 Å². The van der Waals surface area contributed by atoms with Crippen molar-refractivity contribution in [3.63, 3.8) is 0 Å². The molecule has 2 bridgehead atoms. The summed E-state index contributed by atoms with van der Waals surface area (Å²) in [6, 6.07) is 11.2. The lowest BCUT2D eigenvalue weighted by atomic mass is 9.69. The molecule has 0 aliphatic carbocycles. The normalized spacial score (nSPS) is 25.1. The minimum atomic E-state index is -0.348. The molecular formula is C21H30Cl2N4O. The van der Waals surface area contributed by atoms with Gasteiger partial charge in [0.05, 0.1) is 17.7 Å². The highest BCUT2D eigenvalue weighted by Crippen LogP contribution is 2.46. The van der Waals surface area contributed by atoms with Crippen LogP contribution in [0.15, 0.2) is 30.3 Å². The van der Waals surface area contributed by atoms with Crippen molar-refractivity contribution in [1.82, 2.24) is 20.2 Å². The second-order valence-corrected chi connectivity index (χ2v) is 7.96. The van der Waals surface area contributed by atoms with Gasteiger partial charge in [0.2, 0.25) is 5.91 Å². The van der Waals surface area contributed by atoms with E-state index in [1.54, 1.807) is 0 Å². The van der Waals surface area contributed by atoms with E-state index < -0.39 is 0 Å². The SMILES string of the molecule is Cc1nc(CNC(=O)[C@]2(Cc3ccccc3)C[C@@H]3CC[C@H]2N3)n(C)c1C.Cl.Cl. The van der Waals surface area contributed by atoms with Crippen molar-refractivity contribution in [1.29, 1.82) is 0 Å². The van der Waals surface area contributed by atoms with Crippen molar-refractivity contribution in [2.45, 2.75) is 58.2 Å². The first-order valence-electron chi connectivity index (χ1n) is 9.56. The Kier molecular flexibility index (Phi) is 7.18. The van der Waals surface area contributed by atoms with E-state index in [1.807, 2.05) is 20.0 Å². The molecule has 1 amide bonds. The first-order valence-corrected chi connectivity index (χ1v) is 9.56. The lowest BCUT2D eigenvalue weighted by Gasteiger charge is -2.35. The lowest BCUT2D eigenvalue weighted by molar-refractivity contribution is -0.132. The predicted molar refractivity (Wildman–Crippen MR) is 116 cm³/mol. The molecule has 2 aromatic rings. The number of nitrogens with zero attached hydrogens (tertiary/aromatic N) is 2. The number of carbonyl (C=O) groups is 1. The summed E-state index contributed by atoms with van der Waals surface area (Å²) in [6.07, 6.45) is 4.00. The van der Waals surface area contributed by atoms with Gasteiger partial charge in [0, 0.05) is 24.8 Å². The van der Waals surface area contributed by atoms with Crippen LogP contribution in [-0.4, -0.2) is 27.5 Å². The second-order valence-electron chi connectivity index (χ2n) is 7.96. The van der Waals surface area contributed by atoms with E-state index in [0.717, 1.165) is 36.5 Å². The van der Waals surface area contributed by atoms with Gasteiger partial charge < -0.3 is 15.2 Å². The van der Waals surface area contributed by atoms with E-state index in [4.69, 9.17) is 0 Å². The van der Waals surface area contributed by atoms with Crippen LogP contribution in [0.25, 0.3) is 0 Å². The van der Waals surface area contributed by atoms with Gasteiger partial charge >= 0.3 is 0 Å². The van der Waals surface area contributed by atoms with Crippen molar-refractivity contribution in [2.75, 3.05) is 0 Å². The number of hydrogen-bond donors (Lipinski definition) is 2. The number of hydrogen-bond acceptors (Lipinski definition) is 3. The Morgan fingerprint density at radius 3 is 2.50 bits per heavy atom. The van der Waals surface area contributed by atoms with Gasteiger partial charge in [-0.05, 0) is 45.1 Å². The first kappa shape index (κ1) is 22.7. The maximum absolute atomic E-state index is 13.3. The fourth-order valence-electron chi connectivity index (χ4n) is 4.76. The largest absolute Gasteiger partial charge is 0.348 e. The summed E-state index contributed by atoms with van der Waals surface area (Å²) in [6.45, 7) is 4.56. The van der Waals surface area contributed by atoms with E-state index in [0.29, 0.717) is 12.6 Å². The average molecular weight is 425 g/mol. The van der Waals surface area contributed by atoms with Gasteiger partial charge in [-0.2, -0.15) is 0 Å². The van der Waals surface area contributed by atoms with Gasteiger partial charge in [-0.15, -0.1) is 24.8 Å². The molecule has 0 saturated carbocycles. The summed E-state index contributed by atoms with van der Waals surface area (Å²) in [5.74, 6) is 1.08. The number of amides is 1. The van der Waals surface area contributed by atoms with Gasteiger partial charge in [0.25, 0.3) is 0 Å². The molecule has 0 spiro atoms. The van der Waals surface area contributed by atoms with E-state index in [2.05, 4.69) is 51.4 Å². The highest BCUT2D eigenvalue weighted by atomic mass is 35.5. The van der Waals surface area contributed by atoms with Crippen molar-refractivity contribution in [3.05, 3.63) is 53.1 Å². The quantitative estimate of drug-likeness (QED) is 0.773. The zero-order chi connectivity index (χ0) is 18.3. The molecule has 0 unspecified atom stereocenters. The third-order valence-corrected chi connectivity index (χ3v) is 6.45. The Morgan fingerprint density at radius 1 is 1.25 bits per heavy atom. The fraction of sp³-hybridized carbons (Fsp3) is 0.524. The number of imidazole rings is 1. The maximum atomic E-state index is 13.3. The fourth-order valence-corrected chi connectivity index (χ4v) is 4.76. The van der Waals surface area contributed by atoms with Crippen LogP contribution in [0.3, 0.4) is 0 Å². The van der Waals surface area contributed by atoms with Crippen molar-refractivity contribution in [2.24, 2.45) is 12.5 Å². The molecule has 5 nitrogen and oxygen atoms in total. The predicted octanol–water partition coefficient (Wildman–Crippen LogP) is 3.25. The van der Waals surface area contributed by atoms with Gasteiger partial charge in [-0.1, -0.05) is 30.3 Å². The van der Waals surface area contributed by atoms with Crippen LogP contribution in [0.2, 0.25) is 0 Å². The summed E-state index contributed by atoms with van der Waals surface area (Å²) in [5.41, 5.74) is 3.06. The molecule has 1 aromatic heterocycles. The monoisotopic (exact) mass is 424 g/mol. The molecule has 2 aliphatic heterocycles. The number of nitrogens with one attached hydrogen (secondary N) is 2. The molecular weight excluding hydrogens is 395 g/mol. The van der Waals surface area contributed by atoms with E-state index >= 15 is 0 Å². The highest BCUT2D eigenvalue weighted by Gasteiger charge is 2.55. The highest BCUT2D eigenvalue weighted by molar-refractivity contribution is 5.86. The average Bonchev–Trinajstić information content (AvgIpc) is 3.31. The number of halogens is 2. The second kappa shape index (κ2) is 8.85. The molecule has 2 saturated heterocycles. The number of aryl methyl sites for hydroxylation is 1. The van der Waals surface area contributed by atoms with Crippen LogP contribution < -0.4 is 10.6 Å². The standard InChI is InChI=1S/C21H28N4O.2ClH/c1-14-15(2)25(3)19(23-14)13-22-20(26)21(11-16-7-5-4-6-8-16)12-17-9-10-18(21)24-17;;/h4-8,17-18,24H,9-13H2,1-3H3,(H,22,26);2*1H/t17-,18+,21+;;/m0../s1. The number of rotatable bonds is 5. The summed E-state index contributed by atoms with van der Waals surface area (Å²) in [4.78, 5) is 17.9. The minimum Gasteiger partial charge on any atom is -0.348 e. The zero-order valence-electron chi connectivity index (χ0n) is 16.7. The molecule has 28 heavy (non-hydrogen) atoms. The minimum absolute atomic E-state index is 0. The third-order valence-electron chi connectivity index (χ3n) is 6.45. The van der Waals surface area contributed by atoms with Gasteiger partial charge in [0.1, 0.15) is 5.82 Å². The summed E-state index contributed by atoms with van der Waals surface area (Å²) < 4.78 is 2.07. The van der Waals surface area contributed by atoms with Crippen LogP contribution in [0.4, 0.5) is 0 Å². The molecule has 154 valence electrons. The van der Waals surface area contributed by atoms with E-state index in [1.165, 1.54) is 12.0 Å². The van der Waals surface area contributed by atoms with E-state index in [-0.39, 0.29) is 42.2 Å². The van der Waals surface area contributed by atoms with Crippen LogP contribution >= 0.6 is 24.8 Å². The molecule has 3 atom stereocenters. The first-order chi connectivity index (χ1) is 12.5. The molecule has 2 aliphatic rings. The smallest absolute Gasteiger partial charge is 0.228 e. The van der Waals surface area contributed by atoms with Gasteiger partial charge in [-0.25, -0.2) is 4.98 Å². The molecule has 2 N–H and O–H groups in total. The van der Waals surface area contributed by atoms with Crippen molar-refractivity contribution in [3.8, 4) is 0 Å². The zero-order valence-corrected chi connectivity index (χ0v) is 18.3. The van der Waals surface area contributed by atoms with Crippen LogP contribution in [0, 0.1) is 19.3 Å². The molecule has 7 heteroatoms.